The standard InChI is InChI=1S/C22H27F3N6O2/c1-16-15-19(28-20(26-16)30-9-5-2-6-10-30)29-11-13-31(14-12-29)21(32)27-17-7-3-4-8-18(17)33-22(23,24)25/h3-4,7-8,15H,2,5-6,9-14H2,1H3,(H,27,32). The van der Waals surface area contributed by atoms with Crippen LogP contribution >= 0.6 is 0 Å². The van der Waals surface area contributed by atoms with Crippen LogP contribution in [0.25, 0.3) is 0 Å². The number of aromatic nitrogens is 2. The summed E-state index contributed by atoms with van der Waals surface area (Å²) < 4.78 is 41.9. The zero-order chi connectivity index (χ0) is 23.4. The lowest BCUT2D eigenvalue weighted by molar-refractivity contribution is -0.274. The number of piperazine rings is 1. The molecule has 0 atom stereocenters. The Morgan fingerprint density at radius 1 is 0.970 bits per heavy atom. The Bertz CT molecular complexity index is 973. The minimum absolute atomic E-state index is 0.0279. The fraction of sp³-hybridized carbons (Fsp3) is 0.500. The number of aryl methyl sites for hydroxylation is 1. The van der Waals surface area contributed by atoms with Crippen LogP contribution < -0.4 is 19.9 Å². The highest BCUT2D eigenvalue weighted by molar-refractivity contribution is 5.91. The number of urea groups is 1. The van der Waals surface area contributed by atoms with Crippen molar-refractivity contribution in [2.24, 2.45) is 0 Å². The molecule has 11 heteroatoms. The Kier molecular flexibility index (Phi) is 6.75. The van der Waals surface area contributed by atoms with Crippen molar-refractivity contribution < 1.29 is 22.7 Å². The van der Waals surface area contributed by atoms with Crippen LogP contribution in [0.5, 0.6) is 5.75 Å². The first kappa shape index (κ1) is 22.9. The summed E-state index contributed by atoms with van der Waals surface area (Å²) in [7, 11) is 0. The summed E-state index contributed by atoms with van der Waals surface area (Å²) in [5.74, 6) is 1.12. The van der Waals surface area contributed by atoms with Gasteiger partial charge in [0.1, 0.15) is 5.82 Å². The minimum Gasteiger partial charge on any atom is -0.404 e. The molecule has 2 amide bonds. The number of ether oxygens (including phenoxy) is 1. The average Bonchev–Trinajstić information content (AvgIpc) is 2.80. The second-order valence-electron chi connectivity index (χ2n) is 8.16. The third kappa shape index (κ3) is 5.96. The zero-order valence-corrected chi connectivity index (χ0v) is 18.4. The Balaban J connectivity index is 1.38. The van der Waals surface area contributed by atoms with Crippen LogP contribution in [-0.2, 0) is 0 Å². The molecule has 178 valence electrons. The van der Waals surface area contributed by atoms with Gasteiger partial charge in [0, 0.05) is 51.0 Å². The van der Waals surface area contributed by atoms with Crippen LogP contribution in [0.3, 0.4) is 0 Å². The van der Waals surface area contributed by atoms with E-state index in [0.29, 0.717) is 26.2 Å². The van der Waals surface area contributed by atoms with E-state index in [1.165, 1.54) is 30.7 Å². The van der Waals surface area contributed by atoms with Crippen LogP contribution in [0, 0.1) is 6.92 Å². The lowest BCUT2D eigenvalue weighted by atomic mass is 10.1. The molecule has 0 saturated carbocycles. The van der Waals surface area contributed by atoms with E-state index in [0.717, 1.165) is 43.4 Å². The van der Waals surface area contributed by atoms with E-state index in [9.17, 15) is 18.0 Å². The molecule has 33 heavy (non-hydrogen) atoms. The van der Waals surface area contributed by atoms with Crippen LogP contribution in [0.4, 0.5) is 35.4 Å². The Hall–Kier alpha value is -3.24. The molecule has 0 bridgehead atoms. The van der Waals surface area contributed by atoms with Crippen LogP contribution in [0.1, 0.15) is 25.0 Å². The number of anilines is 3. The second-order valence-corrected chi connectivity index (χ2v) is 8.16. The van der Waals surface area contributed by atoms with Crippen molar-refractivity contribution in [3.05, 3.63) is 36.0 Å². The lowest BCUT2D eigenvalue weighted by Crippen LogP contribution is -2.50. The third-order valence-electron chi connectivity index (χ3n) is 5.71. The molecule has 2 saturated heterocycles. The van der Waals surface area contributed by atoms with Gasteiger partial charge in [-0.3, -0.25) is 0 Å². The van der Waals surface area contributed by atoms with Crippen molar-refractivity contribution in [3.8, 4) is 5.75 Å². The number of carbonyl (C=O) groups excluding carboxylic acids is 1. The Labute approximate surface area is 190 Å². The number of halogens is 3. The molecule has 2 fully saturated rings. The molecule has 2 aromatic rings. The molecule has 1 aromatic heterocycles. The van der Waals surface area contributed by atoms with Crippen LogP contribution in [-0.4, -0.2) is 66.5 Å². The molecule has 1 N–H and O–H groups in total. The summed E-state index contributed by atoms with van der Waals surface area (Å²) >= 11 is 0. The highest BCUT2D eigenvalue weighted by atomic mass is 19.4. The van der Waals surface area contributed by atoms with Crippen molar-refractivity contribution in [2.75, 3.05) is 54.4 Å². The largest absolute Gasteiger partial charge is 0.573 e. The minimum atomic E-state index is -4.84. The maximum absolute atomic E-state index is 12.7. The fourth-order valence-electron chi connectivity index (χ4n) is 4.05. The number of alkyl halides is 3. The van der Waals surface area contributed by atoms with E-state index < -0.39 is 18.1 Å². The monoisotopic (exact) mass is 464 g/mol. The molecule has 2 aliphatic rings. The van der Waals surface area contributed by atoms with E-state index in [4.69, 9.17) is 4.98 Å². The SMILES string of the molecule is Cc1cc(N2CCN(C(=O)Nc3ccccc3OC(F)(F)F)CC2)nc(N2CCCCC2)n1. The number of amides is 2. The number of hydrogen-bond acceptors (Lipinski definition) is 6. The van der Waals surface area contributed by atoms with Gasteiger partial charge in [-0.15, -0.1) is 13.2 Å². The number of para-hydroxylation sites is 2. The van der Waals surface area contributed by atoms with Gasteiger partial charge >= 0.3 is 12.4 Å². The second kappa shape index (κ2) is 9.72. The number of rotatable bonds is 4. The first-order valence-electron chi connectivity index (χ1n) is 11.0. The average molecular weight is 464 g/mol. The maximum atomic E-state index is 12.7. The van der Waals surface area contributed by atoms with Gasteiger partial charge in [0.25, 0.3) is 0 Å². The molecular formula is C22H27F3N6O2. The van der Waals surface area contributed by atoms with Gasteiger partial charge in [0.15, 0.2) is 5.75 Å². The number of nitrogens with zero attached hydrogens (tertiary/aromatic N) is 5. The van der Waals surface area contributed by atoms with Gasteiger partial charge < -0.3 is 24.8 Å². The number of benzene rings is 1. The van der Waals surface area contributed by atoms with Crippen molar-refractivity contribution >= 4 is 23.5 Å². The van der Waals surface area contributed by atoms with Gasteiger partial charge in [-0.05, 0) is 38.3 Å². The van der Waals surface area contributed by atoms with Crippen LogP contribution in [0.2, 0.25) is 0 Å². The van der Waals surface area contributed by atoms with E-state index in [-0.39, 0.29) is 5.69 Å². The van der Waals surface area contributed by atoms with Crippen molar-refractivity contribution in [1.29, 1.82) is 0 Å². The zero-order valence-electron chi connectivity index (χ0n) is 18.4. The summed E-state index contributed by atoms with van der Waals surface area (Å²) in [5.41, 5.74) is 0.863. The molecule has 2 aliphatic heterocycles. The maximum Gasteiger partial charge on any atom is 0.573 e. The predicted molar refractivity (Wildman–Crippen MR) is 119 cm³/mol. The quantitative estimate of drug-likeness (QED) is 0.737. The van der Waals surface area contributed by atoms with E-state index in [2.05, 4.69) is 24.8 Å². The molecule has 1 aromatic carbocycles. The molecule has 8 nitrogen and oxygen atoms in total. The van der Waals surface area contributed by atoms with Gasteiger partial charge in [0.2, 0.25) is 5.95 Å². The normalized spacial score (nSPS) is 17.2. The fourth-order valence-corrected chi connectivity index (χ4v) is 4.05. The van der Waals surface area contributed by atoms with Gasteiger partial charge in [0.05, 0.1) is 5.69 Å². The number of nitrogens with one attached hydrogen (secondary N) is 1. The third-order valence-corrected chi connectivity index (χ3v) is 5.71. The van der Waals surface area contributed by atoms with Crippen molar-refractivity contribution in [1.82, 2.24) is 14.9 Å². The predicted octanol–water partition coefficient (Wildman–Crippen LogP) is 4.03. The summed E-state index contributed by atoms with van der Waals surface area (Å²) in [6.07, 6.45) is -1.34. The number of carbonyl (C=O) groups is 1. The summed E-state index contributed by atoms with van der Waals surface area (Å²) in [6.45, 7) is 5.80. The van der Waals surface area contributed by atoms with Crippen molar-refractivity contribution in [3.63, 3.8) is 0 Å². The lowest BCUT2D eigenvalue weighted by Gasteiger charge is -2.36. The Morgan fingerprint density at radius 2 is 1.67 bits per heavy atom. The highest BCUT2D eigenvalue weighted by Crippen LogP contribution is 2.30. The number of piperidine rings is 1. The van der Waals surface area contributed by atoms with Gasteiger partial charge in [-0.1, -0.05) is 12.1 Å². The van der Waals surface area contributed by atoms with Gasteiger partial charge in [-0.2, -0.15) is 4.98 Å². The Morgan fingerprint density at radius 3 is 2.36 bits per heavy atom. The highest BCUT2D eigenvalue weighted by Gasteiger charge is 2.32. The molecule has 4 rings (SSSR count). The molecule has 0 unspecified atom stereocenters. The van der Waals surface area contributed by atoms with Gasteiger partial charge in [-0.25, -0.2) is 9.78 Å². The molecule has 0 radical (unpaired) electrons. The van der Waals surface area contributed by atoms with E-state index >= 15 is 0 Å². The first-order valence-corrected chi connectivity index (χ1v) is 11.0. The van der Waals surface area contributed by atoms with E-state index in [1.807, 2.05) is 13.0 Å². The van der Waals surface area contributed by atoms with Crippen molar-refractivity contribution in [2.45, 2.75) is 32.5 Å². The molecule has 0 spiro atoms. The summed E-state index contributed by atoms with van der Waals surface area (Å²) in [4.78, 5) is 27.9. The molecule has 0 aliphatic carbocycles. The summed E-state index contributed by atoms with van der Waals surface area (Å²) in [6, 6.07) is 6.96. The molecule has 3 heterocycles. The summed E-state index contributed by atoms with van der Waals surface area (Å²) in [5, 5.41) is 2.53. The molecular weight excluding hydrogens is 437 g/mol. The van der Waals surface area contributed by atoms with Crippen LogP contribution in [0.15, 0.2) is 30.3 Å². The topological polar surface area (TPSA) is 73.8 Å². The first-order chi connectivity index (χ1) is 15.8. The van der Waals surface area contributed by atoms with E-state index in [1.54, 1.807) is 4.90 Å². The smallest absolute Gasteiger partial charge is 0.404 e. The number of hydrogen-bond donors (Lipinski definition) is 1.